The van der Waals surface area contributed by atoms with E-state index in [-0.39, 0.29) is 11.4 Å². The lowest BCUT2D eigenvalue weighted by Gasteiger charge is -2.20. The zero-order valence-corrected chi connectivity index (χ0v) is 20.3. The topological polar surface area (TPSA) is 83.0 Å². The third kappa shape index (κ3) is 4.66. The standard InChI is InChI=1S/C25H29N5O2S/c1-5-7-8-9-22-28-30-23(26)21(24(31)27-25(30)33-22)15-18-14-16(3)29(17(18)4)19-10-12-20(13-11-19)32-6-2/h10-15,26H,5-9H2,1-4H3/b21-15-,26-23?. The average Bonchev–Trinajstić information content (AvgIpc) is 3.32. The predicted molar refractivity (Wildman–Crippen MR) is 136 cm³/mol. The summed E-state index contributed by atoms with van der Waals surface area (Å²) in [5.41, 5.74) is 4.17. The second kappa shape index (κ2) is 9.79. The number of hydrogen-bond acceptors (Lipinski definition) is 5. The Morgan fingerprint density at radius 2 is 1.91 bits per heavy atom. The van der Waals surface area contributed by atoms with Crippen LogP contribution < -0.4 is 4.74 Å². The molecule has 8 heteroatoms. The summed E-state index contributed by atoms with van der Waals surface area (Å²) in [6.07, 6.45) is 5.92. The third-order valence-electron chi connectivity index (χ3n) is 5.67. The number of amidine groups is 2. The van der Waals surface area contributed by atoms with Crippen molar-refractivity contribution in [2.75, 3.05) is 6.61 Å². The number of hydrazone groups is 1. The maximum Gasteiger partial charge on any atom is 0.283 e. The molecule has 0 radical (unpaired) electrons. The molecule has 1 amide bonds. The summed E-state index contributed by atoms with van der Waals surface area (Å²) in [5.74, 6) is 0.516. The number of aliphatic imine (C=N–C) groups is 1. The minimum Gasteiger partial charge on any atom is -0.494 e. The van der Waals surface area contributed by atoms with Gasteiger partial charge in [0.2, 0.25) is 5.17 Å². The maximum absolute atomic E-state index is 12.8. The molecule has 0 atom stereocenters. The highest BCUT2D eigenvalue weighted by Gasteiger charge is 2.35. The number of ether oxygens (including phenoxy) is 1. The van der Waals surface area contributed by atoms with Crippen molar-refractivity contribution >= 4 is 39.8 Å². The fourth-order valence-electron chi connectivity index (χ4n) is 4.00. The number of unbranched alkanes of at least 4 members (excludes halogenated alkanes) is 2. The van der Waals surface area contributed by atoms with Crippen molar-refractivity contribution in [2.24, 2.45) is 10.1 Å². The molecule has 0 bridgehead atoms. The van der Waals surface area contributed by atoms with Gasteiger partial charge in [-0.3, -0.25) is 10.2 Å². The van der Waals surface area contributed by atoms with E-state index in [0.29, 0.717) is 11.8 Å². The first-order chi connectivity index (χ1) is 15.9. The molecule has 0 unspecified atom stereocenters. The molecule has 0 fully saturated rings. The smallest absolute Gasteiger partial charge is 0.283 e. The Morgan fingerprint density at radius 3 is 2.61 bits per heavy atom. The van der Waals surface area contributed by atoms with Crippen molar-refractivity contribution in [3.05, 3.63) is 52.9 Å². The van der Waals surface area contributed by atoms with Crippen LogP contribution in [0.25, 0.3) is 11.8 Å². The van der Waals surface area contributed by atoms with Crippen LogP contribution in [0.5, 0.6) is 5.75 Å². The Kier molecular flexibility index (Phi) is 6.83. The van der Waals surface area contributed by atoms with E-state index < -0.39 is 5.91 Å². The van der Waals surface area contributed by atoms with Gasteiger partial charge in [-0.1, -0.05) is 19.8 Å². The van der Waals surface area contributed by atoms with Gasteiger partial charge in [-0.05, 0) is 87.3 Å². The number of amides is 1. The quantitative estimate of drug-likeness (QED) is 0.402. The van der Waals surface area contributed by atoms with E-state index in [4.69, 9.17) is 10.1 Å². The molecule has 1 aromatic carbocycles. The highest BCUT2D eigenvalue weighted by Crippen LogP contribution is 2.31. The molecular formula is C25H29N5O2S. The number of hydrogen-bond donors (Lipinski definition) is 1. The Morgan fingerprint density at radius 1 is 1.15 bits per heavy atom. The van der Waals surface area contributed by atoms with Crippen molar-refractivity contribution < 1.29 is 9.53 Å². The number of rotatable bonds is 8. The average molecular weight is 464 g/mol. The molecule has 4 rings (SSSR count). The van der Waals surface area contributed by atoms with Gasteiger partial charge in [0.1, 0.15) is 10.8 Å². The van der Waals surface area contributed by atoms with E-state index in [1.807, 2.05) is 51.1 Å². The van der Waals surface area contributed by atoms with Gasteiger partial charge in [-0.15, -0.1) is 0 Å². The molecule has 1 aromatic heterocycles. The van der Waals surface area contributed by atoms with Crippen molar-refractivity contribution in [3.8, 4) is 11.4 Å². The van der Waals surface area contributed by atoms with Crippen LogP contribution in [-0.4, -0.2) is 38.1 Å². The first kappa shape index (κ1) is 23.0. The second-order valence-corrected chi connectivity index (χ2v) is 9.10. The van der Waals surface area contributed by atoms with Crippen LogP contribution in [0, 0.1) is 19.3 Å². The zero-order chi connectivity index (χ0) is 23.5. The molecular weight excluding hydrogens is 434 g/mol. The van der Waals surface area contributed by atoms with Crippen molar-refractivity contribution in [2.45, 2.75) is 53.4 Å². The number of nitrogens with zero attached hydrogens (tertiary/aromatic N) is 4. The largest absolute Gasteiger partial charge is 0.494 e. The van der Waals surface area contributed by atoms with E-state index in [2.05, 4.69) is 21.6 Å². The molecule has 2 aromatic rings. The van der Waals surface area contributed by atoms with Crippen LogP contribution in [0.15, 0.2) is 46.0 Å². The Bertz CT molecular complexity index is 1170. The fraction of sp³-hybridized carbons (Fsp3) is 0.360. The van der Waals surface area contributed by atoms with Gasteiger partial charge in [-0.25, -0.2) is 0 Å². The van der Waals surface area contributed by atoms with Gasteiger partial charge in [-0.2, -0.15) is 15.1 Å². The summed E-state index contributed by atoms with van der Waals surface area (Å²) in [6, 6.07) is 9.96. The predicted octanol–water partition coefficient (Wildman–Crippen LogP) is 5.69. The van der Waals surface area contributed by atoms with Crippen LogP contribution in [-0.2, 0) is 4.79 Å². The molecule has 7 nitrogen and oxygen atoms in total. The highest BCUT2D eigenvalue weighted by atomic mass is 32.2. The lowest BCUT2D eigenvalue weighted by atomic mass is 10.1. The zero-order valence-electron chi connectivity index (χ0n) is 19.5. The maximum atomic E-state index is 12.8. The van der Waals surface area contributed by atoms with Crippen LogP contribution in [0.1, 0.15) is 56.5 Å². The summed E-state index contributed by atoms with van der Waals surface area (Å²) in [5, 5.41) is 16.1. The van der Waals surface area contributed by atoms with Crippen molar-refractivity contribution in [3.63, 3.8) is 0 Å². The Labute approximate surface area is 198 Å². The van der Waals surface area contributed by atoms with E-state index in [1.165, 1.54) is 16.8 Å². The molecule has 3 heterocycles. The van der Waals surface area contributed by atoms with Crippen molar-refractivity contribution in [1.82, 2.24) is 9.58 Å². The third-order valence-corrected chi connectivity index (χ3v) is 6.63. The second-order valence-electron chi connectivity index (χ2n) is 8.06. The van der Waals surface area contributed by atoms with E-state index in [9.17, 15) is 4.79 Å². The minimum atomic E-state index is -0.394. The first-order valence-corrected chi connectivity index (χ1v) is 12.2. The molecule has 172 valence electrons. The van der Waals surface area contributed by atoms with Crippen LogP contribution >= 0.6 is 11.8 Å². The first-order valence-electron chi connectivity index (χ1n) is 11.3. The fourth-order valence-corrected chi connectivity index (χ4v) is 4.93. The van der Waals surface area contributed by atoms with E-state index >= 15 is 0 Å². The number of aryl methyl sites for hydroxylation is 1. The number of nitrogens with one attached hydrogen (secondary N) is 1. The number of thioether (sulfide) groups is 1. The Balaban J connectivity index is 1.61. The molecule has 0 aliphatic carbocycles. The van der Waals surface area contributed by atoms with Gasteiger partial charge >= 0.3 is 0 Å². The molecule has 0 saturated carbocycles. The summed E-state index contributed by atoms with van der Waals surface area (Å²) in [6.45, 7) is 8.79. The summed E-state index contributed by atoms with van der Waals surface area (Å²) in [4.78, 5) is 17.0. The van der Waals surface area contributed by atoms with Gasteiger partial charge in [0.25, 0.3) is 5.91 Å². The molecule has 33 heavy (non-hydrogen) atoms. The van der Waals surface area contributed by atoms with Crippen LogP contribution in [0.4, 0.5) is 0 Å². The summed E-state index contributed by atoms with van der Waals surface area (Å²) >= 11 is 1.40. The molecule has 0 spiro atoms. The highest BCUT2D eigenvalue weighted by molar-refractivity contribution is 8.26. The van der Waals surface area contributed by atoms with Gasteiger partial charge in [0, 0.05) is 17.1 Å². The number of benzene rings is 1. The Hall–Kier alpha value is -3.13. The number of carbonyl (C=O) groups excluding carboxylic acids is 1. The lowest BCUT2D eigenvalue weighted by Crippen LogP contribution is -2.35. The van der Waals surface area contributed by atoms with Gasteiger partial charge in [0.15, 0.2) is 5.84 Å². The number of fused-ring (bicyclic) bond motifs is 1. The lowest BCUT2D eigenvalue weighted by molar-refractivity contribution is -0.114. The van der Waals surface area contributed by atoms with Crippen LogP contribution in [0.2, 0.25) is 0 Å². The van der Waals surface area contributed by atoms with E-state index in [0.717, 1.165) is 59.1 Å². The number of carbonyl (C=O) groups is 1. The SMILES string of the molecule is CCCCCC1=NN2C(=N)/C(=C/c3cc(C)n(-c4ccc(OCC)cc4)c3C)C(=O)N=C2S1. The monoisotopic (exact) mass is 463 g/mol. The van der Waals surface area contributed by atoms with Crippen molar-refractivity contribution in [1.29, 1.82) is 5.41 Å². The summed E-state index contributed by atoms with van der Waals surface area (Å²) in [7, 11) is 0. The molecule has 0 saturated heterocycles. The minimum absolute atomic E-state index is 0.0776. The van der Waals surface area contributed by atoms with Crippen LogP contribution in [0.3, 0.4) is 0 Å². The van der Waals surface area contributed by atoms with Gasteiger partial charge in [0.05, 0.1) is 12.2 Å². The van der Waals surface area contributed by atoms with Gasteiger partial charge < -0.3 is 9.30 Å². The normalized spacial score (nSPS) is 16.8. The molecule has 1 N–H and O–H groups in total. The summed E-state index contributed by atoms with van der Waals surface area (Å²) < 4.78 is 7.67. The molecule has 2 aliphatic rings. The number of aromatic nitrogens is 1. The van der Waals surface area contributed by atoms with E-state index in [1.54, 1.807) is 6.08 Å². The molecule has 2 aliphatic heterocycles.